The molecule has 10 heteroatoms. The number of rotatable bonds is 9. The predicted octanol–water partition coefficient (Wildman–Crippen LogP) is 4.10. The van der Waals surface area contributed by atoms with Crippen molar-refractivity contribution in [2.24, 2.45) is 0 Å². The smallest absolute Gasteiger partial charge is 0.270 e. The van der Waals surface area contributed by atoms with E-state index in [1.165, 1.54) is 11.3 Å². The van der Waals surface area contributed by atoms with Crippen LogP contribution in [0.2, 0.25) is 5.02 Å². The third kappa shape index (κ3) is 6.37. The summed E-state index contributed by atoms with van der Waals surface area (Å²) in [5, 5.41) is 6.11. The minimum absolute atomic E-state index is 0.0734. The third-order valence-electron chi connectivity index (χ3n) is 6.66. The van der Waals surface area contributed by atoms with Gasteiger partial charge in [0.2, 0.25) is 5.91 Å². The van der Waals surface area contributed by atoms with Crippen LogP contribution in [0.1, 0.15) is 67.4 Å². The van der Waals surface area contributed by atoms with Gasteiger partial charge in [0.15, 0.2) is 5.60 Å². The van der Waals surface area contributed by atoms with Crippen LogP contribution in [0.3, 0.4) is 0 Å². The molecule has 36 heavy (non-hydrogen) atoms. The zero-order chi connectivity index (χ0) is 25.7. The lowest BCUT2D eigenvalue weighted by Gasteiger charge is -2.36. The summed E-state index contributed by atoms with van der Waals surface area (Å²) in [6.07, 6.45) is 3.86. The van der Waals surface area contributed by atoms with Gasteiger partial charge in [-0.25, -0.2) is 4.98 Å². The Hall–Kier alpha value is -2.65. The van der Waals surface area contributed by atoms with Crippen molar-refractivity contribution < 1.29 is 19.1 Å². The molecule has 0 aliphatic carbocycles. The van der Waals surface area contributed by atoms with Gasteiger partial charge in [-0.15, -0.1) is 11.3 Å². The topological polar surface area (TPSA) is 91.8 Å². The highest BCUT2D eigenvalue weighted by molar-refractivity contribution is 7.09. The number of aromatic nitrogens is 1. The molecule has 0 saturated carbocycles. The van der Waals surface area contributed by atoms with E-state index in [1.54, 1.807) is 31.4 Å². The lowest BCUT2D eigenvalue weighted by atomic mass is 9.96. The number of hydrogen-bond donors (Lipinski definition) is 1. The molecular weight excluding hydrogens is 500 g/mol. The minimum Gasteiger partial charge on any atom is -0.476 e. The number of hydrogen-bond acceptors (Lipinski definition) is 6. The molecule has 2 aliphatic rings. The van der Waals surface area contributed by atoms with Gasteiger partial charge in [-0.2, -0.15) is 0 Å². The molecule has 0 unspecified atom stereocenters. The summed E-state index contributed by atoms with van der Waals surface area (Å²) in [7, 11) is 0. The molecule has 2 aliphatic heterocycles. The number of thiazole rings is 1. The fourth-order valence-electron chi connectivity index (χ4n) is 4.64. The Morgan fingerprint density at radius 2 is 1.97 bits per heavy atom. The van der Waals surface area contributed by atoms with Crippen molar-refractivity contribution in [3.05, 3.63) is 45.4 Å². The Balaban J connectivity index is 1.23. The molecule has 0 bridgehead atoms. The maximum absolute atomic E-state index is 13.2. The summed E-state index contributed by atoms with van der Waals surface area (Å²) in [5.41, 5.74) is -0.605. The second-order valence-corrected chi connectivity index (χ2v) is 11.1. The van der Waals surface area contributed by atoms with E-state index < -0.39 is 5.60 Å². The molecule has 0 spiro atoms. The minimum atomic E-state index is -1.04. The van der Waals surface area contributed by atoms with Crippen LogP contribution in [0.15, 0.2) is 29.6 Å². The summed E-state index contributed by atoms with van der Waals surface area (Å²) in [5.74, 6) is 0.654. The van der Waals surface area contributed by atoms with Crippen molar-refractivity contribution in [1.29, 1.82) is 0 Å². The molecule has 0 radical (unpaired) electrons. The van der Waals surface area contributed by atoms with Gasteiger partial charge < -0.3 is 19.9 Å². The summed E-state index contributed by atoms with van der Waals surface area (Å²) in [4.78, 5) is 45.6. The first-order valence-corrected chi connectivity index (χ1v) is 13.7. The van der Waals surface area contributed by atoms with Gasteiger partial charge >= 0.3 is 0 Å². The Labute approximate surface area is 221 Å². The number of nitrogens with zero attached hydrogens (tertiary/aromatic N) is 3. The SMILES string of the molecule is CC(C)(Oc1ccccc1Cl)C(=O)N1CCC(c2nc(C(=O)NCCCN3CCCC3=O)cs2)CC1. The maximum Gasteiger partial charge on any atom is 0.270 e. The molecular formula is C26H33ClN4O4S. The van der Waals surface area contributed by atoms with E-state index in [0.717, 1.165) is 37.2 Å². The summed E-state index contributed by atoms with van der Waals surface area (Å²) >= 11 is 7.70. The molecule has 3 heterocycles. The van der Waals surface area contributed by atoms with Gasteiger partial charge in [-0.1, -0.05) is 23.7 Å². The Kier molecular flexibility index (Phi) is 8.51. The Morgan fingerprint density at radius 1 is 1.22 bits per heavy atom. The highest BCUT2D eigenvalue weighted by Crippen LogP contribution is 2.33. The van der Waals surface area contributed by atoms with Crippen LogP contribution < -0.4 is 10.1 Å². The summed E-state index contributed by atoms with van der Waals surface area (Å²) in [6.45, 7) is 6.75. The zero-order valence-electron chi connectivity index (χ0n) is 20.8. The molecule has 3 amide bonds. The summed E-state index contributed by atoms with van der Waals surface area (Å²) < 4.78 is 5.97. The largest absolute Gasteiger partial charge is 0.476 e. The molecule has 194 valence electrons. The van der Waals surface area contributed by atoms with Crippen LogP contribution >= 0.6 is 22.9 Å². The average Bonchev–Trinajstić information content (AvgIpc) is 3.52. The van der Waals surface area contributed by atoms with Crippen molar-refractivity contribution >= 4 is 40.7 Å². The molecule has 2 fully saturated rings. The van der Waals surface area contributed by atoms with E-state index in [2.05, 4.69) is 10.3 Å². The molecule has 8 nitrogen and oxygen atoms in total. The molecule has 2 aromatic rings. The predicted molar refractivity (Wildman–Crippen MR) is 140 cm³/mol. The fraction of sp³-hybridized carbons (Fsp3) is 0.538. The van der Waals surface area contributed by atoms with Crippen molar-refractivity contribution in [1.82, 2.24) is 20.1 Å². The van der Waals surface area contributed by atoms with Gasteiger partial charge in [-0.05, 0) is 51.7 Å². The number of nitrogens with one attached hydrogen (secondary N) is 1. The van der Waals surface area contributed by atoms with E-state index in [4.69, 9.17) is 16.3 Å². The van der Waals surface area contributed by atoms with E-state index in [-0.39, 0.29) is 23.6 Å². The van der Waals surface area contributed by atoms with Crippen LogP contribution in [-0.2, 0) is 9.59 Å². The first kappa shape index (κ1) is 26.4. The number of para-hydroxylation sites is 1. The highest BCUT2D eigenvalue weighted by Gasteiger charge is 2.37. The number of halogens is 1. The molecule has 4 rings (SSSR count). The van der Waals surface area contributed by atoms with Crippen LogP contribution in [0.25, 0.3) is 0 Å². The number of ether oxygens (including phenoxy) is 1. The molecule has 1 aromatic carbocycles. The monoisotopic (exact) mass is 532 g/mol. The number of benzene rings is 1. The Morgan fingerprint density at radius 3 is 2.67 bits per heavy atom. The van der Waals surface area contributed by atoms with Crippen LogP contribution in [0.4, 0.5) is 0 Å². The molecule has 2 saturated heterocycles. The van der Waals surface area contributed by atoms with E-state index >= 15 is 0 Å². The van der Waals surface area contributed by atoms with Gasteiger partial charge in [-0.3, -0.25) is 14.4 Å². The second kappa shape index (κ2) is 11.6. The standard InChI is InChI=1S/C26H33ClN4O4S/c1-26(2,35-21-8-4-3-7-19(21)27)25(34)31-15-10-18(11-16-31)24-29-20(17-36-24)23(33)28-12-6-14-30-13-5-9-22(30)32/h3-4,7-8,17-18H,5-6,9-16H2,1-2H3,(H,28,33). The maximum atomic E-state index is 13.2. The normalized spacial score (nSPS) is 16.9. The van der Waals surface area contributed by atoms with Crippen molar-refractivity contribution in [2.45, 2.75) is 57.5 Å². The first-order valence-electron chi connectivity index (χ1n) is 12.5. The quantitative estimate of drug-likeness (QED) is 0.491. The highest BCUT2D eigenvalue weighted by atomic mass is 35.5. The van der Waals surface area contributed by atoms with E-state index in [9.17, 15) is 14.4 Å². The summed E-state index contributed by atoms with van der Waals surface area (Å²) in [6, 6.07) is 7.14. The van der Waals surface area contributed by atoms with Crippen molar-refractivity contribution in [2.75, 3.05) is 32.7 Å². The number of carbonyl (C=O) groups is 3. The van der Waals surface area contributed by atoms with Crippen LogP contribution in [-0.4, -0.2) is 70.8 Å². The number of carbonyl (C=O) groups excluding carboxylic acids is 3. The lowest BCUT2D eigenvalue weighted by Crippen LogP contribution is -2.51. The van der Waals surface area contributed by atoms with Gasteiger partial charge in [0, 0.05) is 50.4 Å². The third-order valence-corrected chi connectivity index (χ3v) is 7.98. The molecule has 1 aromatic heterocycles. The van der Waals surface area contributed by atoms with Gasteiger partial charge in [0.1, 0.15) is 11.4 Å². The molecule has 0 atom stereocenters. The van der Waals surface area contributed by atoms with E-state index in [1.807, 2.05) is 21.9 Å². The fourth-order valence-corrected chi connectivity index (χ4v) is 5.78. The lowest BCUT2D eigenvalue weighted by molar-refractivity contribution is -0.146. The average molecular weight is 533 g/mol. The first-order chi connectivity index (χ1) is 17.2. The second-order valence-electron chi connectivity index (χ2n) is 9.77. The zero-order valence-corrected chi connectivity index (χ0v) is 22.4. The van der Waals surface area contributed by atoms with Crippen molar-refractivity contribution in [3.8, 4) is 5.75 Å². The van der Waals surface area contributed by atoms with E-state index in [0.29, 0.717) is 49.1 Å². The van der Waals surface area contributed by atoms with Crippen molar-refractivity contribution in [3.63, 3.8) is 0 Å². The number of amides is 3. The van der Waals surface area contributed by atoms with Crippen LogP contribution in [0.5, 0.6) is 5.75 Å². The molecule has 1 N–H and O–H groups in total. The number of piperidine rings is 1. The van der Waals surface area contributed by atoms with Gasteiger partial charge in [0.25, 0.3) is 11.8 Å². The Bertz CT molecular complexity index is 1100. The van der Waals surface area contributed by atoms with Gasteiger partial charge in [0.05, 0.1) is 10.0 Å². The van der Waals surface area contributed by atoms with Crippen LogP contribution in [0, 0.1) is 0 Å². The number of likely N-dealkylation sites (tertiary alicyclic amines) is 2.